The Bertz CT molecular complexity index is 634. The molecule has 1 heterocycles. The van der Waals surface area contributed by atoms with E-state index in [1.807, 2.05) is 5.10 Å². The molecule has 0 saturated carbocycles. The lowest BCUT2D eigenvalue weighted by Gasteiger charge is -2.11. The van der Waals surface area contributed by atoms with E-state index in [0.717, 1.165) is 12.1 Å². The Balaban J connectivity index is 2.64. The maximum absolute atomic E-state index is 12.8. The number of alkyl halides is 3. The maximum atomic E-state index is 12.8. The highest BCUT2D eigenvalue weighted by Gasteiger charge is 2.33. The van der Waals surface area contributed by atoms with Gasteiger partial charge >= 0.3 is 6.18 Å². The highest BCUT2D eigenvalue weighted by atomic mass is 19.4. The number of benzene rings is 1. The number of nitrogens with one attached hydrogen (secondary N) is 1. The maximum Gasteiger partial charge on any atom is 0.417 e. The molecule has 0 saturated heterocycles. The van der Waals surface area contributed by atoms with E-state index in [2.05, 4.69) is 5.10 Å². The number of aromatic amines is 1. The Morgan fingerprint density at radius 2 is 1.89 bits per heavy atom. The van der Waals surface area contributed by atoms with Gasteiger partial charge in [0.15, 0.2) is 0 Å². The van der Waals surface area contributed by atoms with Crippen LogP contribution in [-0.2, 0) is 6.18 Å². The van der Waals surface area contributed by atoms with Gasteiger partial charge in [-0.3, -0.25) is 4.79 Å². The first-order chi connectivity index (χ1) is 8.39. The van der Waals surface area contributed by atoms with Crippen LogP contribution in [0.5, 0.6) is 0 Å². The summed E-state index contributed by atoms with van der Waals surface area (Å²) in [6.45, 7) is 0. The van der Waals surface area contributed by atoms with Crippen LogP contribution in [0.2, 0.25) is 0 Å². The lowest BCUT2D eigenvalue weighted by Crippen LogP contribution is -2.14. The van der Waals surface area contributed by atoms with E-state index in [9.17, 15) is 18.0 Å². The molecule has 0 atom stereocenters. The zero-order valence-corrected chi connectivity index (χ0v) is 8.95. The average Bonchev–Trinajstić information content (AvgIpc) is 2.32. The van der Waals surface area contributed by atoms with Crippen molar-refractivity contribution in [3.63, 3.8) is 0 Å². The molecule has 0 aliphatic heterocycles. The monoisotopic (exact) mass is 255 g/mol. The molecule has 18 heavy (non-hydrogen) atoms. The topological polar surface area (TPSA) is 71.8 Å². The minimum atomic E-state index is -4.50. The normalized spacial score (nSPS) is 11.5. The van der Waals surface area contributed by atoms with E-state index in [4.69, 9.17) is 5.73 Å². The predicted octanol–water partition coefficient (Wildman–Crippen LogP) is 2.04. The number of H-pyrrole nitrogens is 1. The number of halogens is 3. The first-order valence-corrected chi connectivity index (χ1v) is 4.91. The lowest BCUT2D eigenvalue weighted by molar-refractivity contribution is -0.137. The number of nitrogens with two attached hydrogens (primary N) is 1. The number of hydrogen-bond donors (Lipinski definition) is 2. The van der Waals surface area contributed by atoms with Gasteiger partial charge in [0, 0.05) is 5.56 Å². The molecule has 0 aliphatic carbocycles. The Labute approximate surface area is 99.3 Å². The van der Waals surface area contributed by atoms with E-state index < -0.39 is 17.3 Å². The van der Waals surface area contributed by atoms with Crippen molar-refractivity contribution in [2.45, 2.75) is 6.18 Å². The van der Waals surface area contributed by atoms with Crippen LogP contribution in [0.4, 0.5) is 18.9 Å². The summed E-state index contributed by atoms with van der Waals surface area (Å²) in [6.07, 6.45) is -4.50. The molecule has 0 fully saturated rings. The number of hydrogen-bond acceptors (Lipinski definition) is 3. The summed E-state index contributed by atoms with van der Waals surface area (Å²) in [5.41, 5.74) is 3.54. The van der Waals surface area contributed by atoms with Crippen LogP contribution in [-0.4, -0.2) is 10.2 Å². The fourth-order valence-corrected chi connectivity index (χ4v) is 1.51. The van der Waals surface area contributed by atoms with Gasteiger partial charge in [0.2, 0.25) is 0 Å². The summed E-state index contributed by atoms with van der Waals surface area (Å²) in [6, 6.07) is 6.06. The van der Waals surface area contributed by atoms with Crippen molar-refractivity contribution < 1.29 is 13.2 Å². The van der Waals surface area contributed by atoms with Crippen LogP contribution in [0.25, 0.3) is 11.3 Å². The van der Waals surface area contributed by atoms with Crippen molar-refractivity contribution in [3.05, 3.63) is 46.2 Å². The molecule has 0 unspecified atom stereocenters. The lowest BCUT2D eigenvalue weighted by atomic mass is 10.0. The van der Waals surface area contributed by atoms with Crippen molar-refractivity contribution >= 4 is 5.69 Å². The van der Waals surface area contributed by atoms with Crippen molar-refractivity contribution in [2.75, 3.05) is 5.73 Å². The second-order valence-electron chi connectivity index (χ2n) is 3.58. The Morgan fingerprint density at radius 1 is 1.22 bits per heavy atom. The van der Waals surface area contributed by atoms with Crippen molar-refractivity contribution in [2.24, 2.45) is 0 Å². The first kappa shape index (κ1) is 12.2. The molecule has 0 amide bonds. The molecule has 1 aromatic heterocycles. The minimum absolute atomic E-state index is 0.0278. The molecule has 4 nitrogen and oxygen atoms in total. The fourth-order valence-electron chi connectivity index (χ4n) is 1.51. The summed E-state index contributed by atoms with van der Waals surface area (Å²) in [7, 11) is 0. The Hall–Kier alpha value is -2.31. The summed E-state index contributed by atoms with van der Waals surface area (Å²) in [4.78, 5) is 11.0. The molecule has 0 aliphatic rings. The molecule has 3 N–H and O–H groups in total. The molecule has 2 rings (SSSR count). The van der Waals surface area contributed by atoms with Crippen molar-refractivity contribution in [1.82, 2.24) is 10.2 Å². The first-order valence-electron chi connectivity index (χ1n) is 4.91. The second-order valence-corrected chi connectivity index (χ2v) is 3.58. The van der Waals surface area contributed by atoms with Crippen molar-refractivity contribution in [3.8, 4) is 11.3 Å². The van der Waals surface area contributed by atoms with Crippen LogP contribution in [0.1, 0.15) is 5.56 Å². The molecule has 0 radical (unpaired) electrons. The van der Waals surface area contributed by atoms with Crippen LogP contribution >= 0.6 is 0 Å². The van der Waals surface area contributed by atoms with E-state index in [-0.39, 0.29) is 16.9 Å². The molecule has 0 spiro atoms. The molecule has 2 aromatic rings. The number of aromatic nitrogens is 2. The summed E-state index contributed by atoms with van der Waals surface area (Å²) in [5.74, 6) is 0. The molecule has 0 bridgehead atoms. The average molecular weight is 255 g/mol. The fraction of sp³-hybridized carbons (Fsp3) is 0.0909. The molecule has 1 aromatic carbocycles. The highest BCUT2D eigenvalue weighted by molar-refractivity contribution is 5.66. The van der Waals surface area contributed by atoms with Crippen LogP contribution in [0.15, 0.2) is 35.1 Å². The SMILES string of the molecule is Nc1cc(-c2ccccc2C(F)(F)F)n[nH]c1=O. The van der Waals surface area contributed by atoms with Gasteiger partial charge in [-0.2, -0.15) is 18.3 Å². The third-order valence-electron chi connectivity index (χ3n) is 2.34. The smallest absolute Gasteiger partial charge is 0.394 e. The standard InChI is InChI=1S/C11H8F3N3O/c12-11(13,14)7-4-2-1-3-6(7)9-5-8(15)10(18)17-16-9/h1-5H,(H2,15,16)(H,17,18). The van der Waals surface area contributed by atoms with E-state index in [1.54, 1.807) is 0 Å². The van der Waals surface area contributed by atoms with Gasteiger partial charge in [-0.05, 0) is 12.1 Å². The largest absolute Gasteiger partial charge is 0.417 e. The predicted molar refractivity (Wildman–Crippen MR) is 59.7 cm³/mol. The van der Waals surface area contributed by atoms with Gasteiger partial charge < -0.3 is 5.73 Å². The molecule has 7 heteroatoms. The van der Waals surface area contributed by atoms with Gasteiger partial charge in [0.25, 0.3) is 5.56 Å². The van der Waals surface area contributed by atoms with Gasteiger partial charge in [-0.25, -0.2) is 5.10 Å². The van der Waals surface area contributed by atoms with E-state index >= 15 is 0 Å². The zero-order chi connectivity index (χ0) is 13.3. The minimum Gasteiger partial charge on any atom is -0.394 e. The number of nitrogen functional groups attached to an aromatic ring is 1. The summed E-state index contributed by atoms with van der Waals surface area (Å²) in [5, 5.41) is 5.61. The van der Waals surface area contributed by atoms with Crippen LogP contribution in [0.3, 0.4) is 0 Å². The number of rotatable bonds is 1. The van der Waals surface area contributed by atoms with Gasteiger partial charge in [0.05, 0.1) is 11.3 Å². The quantitative estimate of drug-likeness (QED) is 0.819. The summed E-state index contributed by atoms with van der Waals surface area (Å²) >= 11 is 0. The van der Waals surface area contributed by atoms with E-state index in [1.165, 1.54) is 18.2 Å². The van der Waals surface area contributed by atoms with Crippen molar-refractivity contribution in [1.29, 1.82) is 0 Å². The highest BCUT2D eigenvalue weighted by Crippen LogP contribution is 2.36. The number of anilines is 1. The van der Waals surface area contributed by atoms with Crippen LogP contribution in [0, 0.1) is 0 Å². The Morgan fingerprint density at radius 3 is 2.50 bits per heavy atom. The van der Waals surface area contributed by atoms with Gasteiger partial charge in [-0.15, -0.1) is 0 Å². The second kappa shape index (κ2) is 4.17. The van der Waals surface area contributed by atoms with Gasteiger partial charge in [-0.1, -0.05) is 18.2 Å². The molecular weight excluding hydrogens is 247 g/mol. The third-order valence-corrected chi connectivity index (χ3v) is 2.34. The third kappa shape index (κ3) is 2.20. The Kier molecular flexibility index (Phi) is 2.82. The summed E-state index contributed by atoms with van der Waals surface area (Å²) < 4.78 is 38.3. The van der Waals surface area contributed by atoms with Gasteiger partial charge in [0.1, 0.15) is 5.69 Å². The number of nitrogens with zero attached hydrogens (tertiary/aromatic N) is 1. The molecular formula is C11H8F3N3O. The van der Waals surface area contributed by atoms with Crippen LogP contribution < -0.4 is 11.3 Å². The zero-order valence-electron chi connectivity index (χ0n) is 8.95. The van der Waals surface area contributed by atoms with E-state index in [0.29, 0.717) is 0 Å². The molecule has 94 valence electrons.